The van der Waals surface area contributed by atoms with E-state index in [-0.39, 0.29) is 17.2 Å². The number of aryl methyl sites for hydroxylation is 1. The Morgan fingerprint density at radius 2 is 1.71 bits per heavy atom. The van der Waals surface area contributed by atoms with E-state index >= 15 is 0 Å². The Bertz CT molecular complexity index is 1180. The van der Waals surface area contributed by atoms with E-state index in [1.165, 1.54) is 18.2 Å². The van der Waals surface area contributed by atoms with Crippen molar-refractivity contribution in [2.75, 3.05) is 6.54 Å². The van der Waals surface area contributed by atoms with Gasteiger partial charge in [-0.3, -0.25) is 29.3 Å². The summed E-state index contributed by atoms with van der Waals surface area (Å²) >= 11 is 0. The van der Waals surface area contributed by atoms with Gasteiger partial charge in [0.1, 0.15) is 6.54 Å². The first-order valence-corrected chi connectivity index (χ1v) is 11.2. The zero-order valence-electron chi connectivity index (χ0n) is 19.0. The lowest BCUT2D eigenvalue weighted by Gasteiger charge is -2.30. The highest BCUT2D eigenvalue weighted by Crippen LogP contribution is 2.41. The molecule has 176 valence electrons. The summed E-state index contributed by atoms with van der Waals surface area (Å²) in [5.41, 5.74) is 0.878. The number of rotatable bonds is 6. The Morgan fingerprint density at radius 3 is 2.38 bits per heavy atom. The molecule has 0 N–H and O–H groups in total. The summed E-state index contributed by atoms with van der Waals surface area (Å²) in [6.07, 6.45) is 1.88. The fourth-order valence-electron chi connectivity index (χ4n) is 4.71. The van der Waals surface area contributed by atoms with E-state index in [9.17, 15) is 29.3 Å². The fourth-order valence-corrected chi connectivity index (χ4v) is 4.71. The molecule has 4 rings (SSSR count). The Morgan fingerprint density at radius 1 is 1.03 bits per heavy atom. The maximum atomic E-state index is 13.5. The van der Waals surface area contributed by atoms with Crippen LogP contribution in [0.3, 0.4) is 0 Å². The van der Waals surface area contributed by atoms with Crippen molar-refractivity contribution in [2.24, 2.45) is 17.8 Å². The van der Waals surface area contributed by atoms with E-state index in [0.29, 0.717) is 18.4 Å². The largest absolute Gasteiger partial charge is 0.292 e. The smallest absolute Gasteiger partial charge is 0.273 e. The molecule has 9 nitrogen and oxygen atoms in total. The molecule has 9 heteroatoms. The summed E-state index contributed by atoms with van der Waals surface area (Å²) in [6.45, 7) is 3.34. The number of hydrazine groups is 1. The van der Waals surface area contributed by atoms with Crippen LogP contribution < -0.4 is 0 Å². The van der Waals surface area contributed by atoms with Gasteiger partial charge in [0.15, 0.2) is 5.78 Å². The van der Waals surface area contributed by atoms with Crippen LogP contribution >= 0.6 is 0 Å². The second-order valence-corrected chi connectivity index (χ2v) is 9.08. The summed E-state index contributed by atoms with van der Waals surface area (Å²) in [5, 5.41) is 12.9. The predicted octanol–water partition coefficient (Wildman–Crippen LogP) is 3.56. The molecule has 1 saturated carbocycles. The van der Waals surface area contributed by atoms with Gasteiger partial charge in [-0.15, -0.1) is 0 Å². The highest BCUT2D eigenvalue weighted by Gasteiger charge is 2.52. The van der Waals surface area contributed by atoms with Crippen molar-refractivity contribution in [1.29, 1.82) is 0 Å². The van der Waals surface area contributed by atoms with Gasteiger partial charge in [0.25, 0.3) is 23.4 Å². The molecule has 3 atom stereocenters. The number of carbonyl (C=O) groups is 4. The molecule has 1 aliphatic heterocycles. The zero-order valence-corrected chi connectivity index (χ0v) is 19.0. The zero-order chi connectivity index (χ0) is 24.6. The van der Waals surface area contributed by atoms with E-state index in [2.05, 4.69) is 0 Å². The standard InChI is InChI=1S/C25H25N3O6/c1-15-6-9-17(10-7-15)22(29)14-26(23(30)18-4-3-5-19(13-18)28(33)34)27-24(31)20-11-8-16(2)12-21(20)25(27)32/h3-7,9-10,13,16,20-21H,8,11-12,14H2,1-2H3/t16-,20+,21+/m0/s1. The lowest BCUT2D eigenvalue weighted by molar-refractivity contribution is -0.384. The van der Waals surface area contributed by atoms with Crippen LogP contribution in [0.2, 0.25) is 0 Å². The number of carbonyl (C=O) groups excluding carboxylic acids is 4. The molecule has 2 aromatic rings. The second kappa shape index (κ2) is 9.17. The average Bonchev–Trinajstić information content (AvgIpc) is 3.06. The van der Waals surface area contributed by atoms with Crippen LogP contribution in [-0.2, 0) is 9.59 Å². The van der Waals surface area contributed by atoms with Gasteiger partial charge in [-0.1, -0.05) is 42.8 Å². The number of nitro benzene ring substituents is 1. The Hall–Kier alpha value is -3.88. The Kier molecular flexibility index (Phi) is 6.28. The number of amides is 3. The van der Waals surface area contributed by atoms with Gasteiger partial charge in [0, 0.05) is 23.3 Å². The van der Waals surface area contributed by atoms with Crippen molar-refractivity contribution in [3.05, 3.63) is 75.3 Å². The van der Waals surface area contributed by atoms with Crippen LogP contribution in [0.25, 0.3) is 0 Å². The summed E-state index contributed by atoms with van der Waals surface area (Å²) in [4.78, 5) is 63.7. The van der Waals surface area contributed by atoms with E-state index in [1.807, 2.05) is 13.8 Å². The van der Waals surface area contributed by atoms with Crippen LogP contribution in [0.4, 0.5) is 5.69 Å². The molecule has 0 radical (unpaired) electrons. The summed E-state index contributed by atoms with van der Waals surface area (Å²) in [7, 11) is 0. The van der Waals surface area contributed by atoms with Gasteiger partial charge < -0.3 is 0 Å². The first-order chi connectivity index (χ1) is 16.2. The van der Waals surface area contributed by atoms with Crippen molar-refractivity contribution in [2.45, 2.75) is 33.1 Å². The predicted molar refractivity (Wildman–Crippen MR) is 121 cm³/mol. The number of ketones is 1. The third-order valence-electron chi connectivity index (χ3n) is 6.61. The topological polar surface area (TPSA) is 118 Å². The molecule has 2 fully saturated rings. The molecule has 3 amide bonds. The van der Waals surface area contributed by atoms with Gasteiger partial charge >= 0.3 is 0 Å². The van der Waals surface area contributed by atoms with E-state index < -0.39 is 46.8 Å². The molecule has 2 aliphatic rings. The minimum Gasteiger partial charge on any atom is -0.292 e. The summed E-state index contributed by atoms with van der Waals surface area (Å²) in [6, 6.07) is 11.8. The molecule has 0 bridgehead atoms. The van der Waals surface area contributed by atoms with Gasteiger partial charge in [0.2, 0.25) is 0 Å². The number of non-ortho nitro benzene ring substituents is 1. The maximum absolute atomic E-state index is 13.5. The van der Waals surface area contributed by atoms with Crippen molar-refractivity contribution in [1.82, 2.24) is 10.0 Å². The molecule has 1 saturated heterocycles. The fraction of sp³-hybridized carbons (Fsp3) is 0.360. The molecule has 0 spiro atoms. The highest BCUT2D eigenvalue weighted by molar-refractivity contribution is 6.09. The monoisotopic (exact) mass is 463 g/mol. The number of nitrogens with zero attached hydrogens (tertiary/aromatic N) is 3. The molecular formula is C25H25N3O6. The first kappa shape index (κ1) is 23.3. The van der Waals surface area contributed by atoms with Crippen LogP contribution in [0.1, 0.15) is 52.5 Å². The number of fused-ring (bicyclic) bond motifs is 1. The lowest BCUT2D eigenvalue weighted by Crippen LogP contribution is -2.52. The van der Waals surface area contributed by atoms with Crippen molar-refractivity contribution < 1.29 is 24.1 Å². The van der Waals surface area contributed by atoms with Crippen LogP contribution in [-0.4, -0.2) is 45.0 Å². The van der Waals surface area contributed by atoms with E-state index in [4.69, 9.17) is 0 Å². The number of Topliss-reactive ketones (excluding diaryl/α,β-unsaturated/α-hetero) is 1. The Labute approximate surface area is 196 Å². The van der Waals surface area contributed by atoms with Gasteiger partial charge in [-0.25, -0.2) is 5.01 Å². The molecule has 34 heavy (non-hydrogen) atoms. The summed E-state index contributed by atoms with van der Waals surface area (Å²) < 4.78 is 0. The van der Waals surface area contributed by atoms with E-state index in [0.717, 1.165) is 28.1 Å². The number of hydrogen-bond acceptors (Lipinski definition) is 6. The Balaban J connectivity index is 1.71. The van der Waals surface area contributed by atoms with Gasteiger partial charge in [-0.2, -0.15) is 5.01 Å². The van der Waals surface area contributed by atoms with E-state index in [1.54, 1.807) is 24.3 Å². The number of nitro groups is 1. The molecule has 2 aromatic carbocycles. The van der Waals surface area contributed by atoms with Crippen molar-refractivity contribution in [3.63, 3.8) is 0 Å². The number of benzene rings is 2. The second-order valence-electron chi connectivity index (χ2n) is 9.08. The quantitative estimate of drug-likeness (QED) is 0.280. The highest BCUT2D eigenvalue weighted by atomic mass is 16.6. The lowest BCUT2D eigenvalue weighted by atomic mass is 9.76. The van der Waals surface area contributed by atoms with Crippen molar-refractivity contribution in [3.8, 4) is 0 Å². The third-order valence-corrected chi connectivity index (χ3v) is 6.61. The maximum Gasteiger partial charge on any atom is 0.273 e. The minimum atomic E-state index is -0.822. The molecule has 0 aromatic heterocycles. The van der Waals surface area contributed by atoms with Gasteiger partial charge in [-0.05, 0) is 38.2 Å². The third kappa shape index (κ3) is 4.33. The van der Waals surface area contributed by atoms with Crippen LogP contribution in [0.15, 0.2) is 48.5 Å². The summed E-state index contributed by atoms with van der Waals surface area (Å²) in [5.74, 6) is -3.08. The minimum absolute atomic E-state index is 0.0882. The average molecular weight is 463 g/mol. The normalized spacial score (nSPS) is 21.8. The van der Waals surface area contributed by atoms with Gasteiger partial charge in [0.05, 0.1) is 16.8 Å². The number of imide groups is 1. The molecule has 0 unspecified atom stereocenters. The van der Waals surface area contributed by atoms with Crippen LogP contribution in [0, 0.1) is 34.8 Å². The molecular weight excluding hydrogens is 438 g/mol. The van der Waals surface area contributed by atoms with Crippen molar-refractivity contribution >= 4 is 29.2 Å². The number of hydrogen-bond donors (Lipinski definition) is 0. The van der Waals surface area contributed by atoms with Crippen LogP contribution in [0.5, 0.6) is 0 Å². The molecule has 1 heterocycles. The SMILES string of the molecule is Cc1ccc(C(=O)CN(C(=O)c2cccc([N+](=O)[O-])c2)N2C(=O)[C@@H]3CC[C@H](C)C[C@H]3C2=O)cc1. The molecule has 1 aliphatic carbocycles. The first-order valence-electron chi connectivity index (χ1n) is 11.2.